The van der Waals surface area contributed by atoms with Gasteiger partial charge in [0.15, 0.2) is 11.0 Å². The number of nitrogens with zero attached hydrogens (tertiary/aromatic N) is 4. The molecule has 80 valence electrons. The van der Waals surface area contributed by atoms with Crippen LogP contribution in [0.25, 0.3) is 5.82 Å². The average molecular weight is 233 g/mol. The normalized spacial score (nSPS) is 10.1. The molecule has 0 aliphatic carbocycles. The highest BCUT2D eigenvalue weighted by Gasteiger charge is 2.07. The standard InChI is InChI=1S/C11H9ClN4/c1-2-9-5-8(6-13)7-16(9)11-4-3-10(12)14-15-11/h3-5,7H,2H2,1H3. The maximum Gasteiger partial charge on any atom is 0.159 e. The molecule has 4 nitrogen and oxygen atoms in total. The molecule has 0 fully saturated rings. The van der Waals surface area contributed by atoms with Gasteiger partial charge in [-0.1, -0.05) is 18.5 Å². The highest BCUT2D eigenvalue weighted by Crippen LogP contribution is 2.14. The Bertz CT molecular complexity index is 536. The predicted molar refractivity (Wildman–Crippen MR) is 60.5 cm³/mol. The third-order valence-electron chi connectivity index (χ3n) is 2.26. The minimum absolute atomic E-state index is 0.356. The fourth-order valence-corrected chi connectivity index (χ4v) is 1.59. The molecule has 0 amide bonds. The van der Waals surface area contributed by atoms with Crippen LogP contribution in [0.2, 0.25) is 5.15 Å². The van der Waals surface area contributed by atoms with Crippen molar-refractivity contribution >= 4 is 11.6 Å². The lowest BCUT2D eigenvalue weighted by Gasteiger charge is -2.04. The summed E-state index contributed by atoms with van der Waals surface area (Å²) in [5.74, 6) is 0.669. The smallest absolute Gasteiger partial charge is 0.159 e. The Kier molecular flexibility index (Phi) is 2.88. The molecule has 0 radical (unpaired) electrons. The number of nitriles is 1. The van der Waals surface area contributed by atoms with E-state index < -0.39 is 0 Å². The van der Waals surface area contributed by atoms with Crippen LogP contribution in [0.5, 0.6) is 0 Å². The Morgan fingerprint density at radius 1 is 1.44 bits per heavy atom. The first kappa shape index (κ1) is 10.7. The zero-order valence-electron chi connectivity index (χ0n) is 8.68. The van der Waals surface area contributed by atoms with Gasteiger partial charge in [-0.3, -0.25) is 0 Å². The minimum atomic E-state index is 0.356. The lowest BCUT2D eigenvalue weighted by molar-refractivity contribution is 0.864. The second kappa shape index (κ2) is 4.33. The summed E-state index contributed by atoms with van der Waals surface area (Å²) in [6.07, 6.45) is 2.57. The molecule has 2 heterocycles. The lowest BCUT2D eigenvalue weighted by atomic mass is 10.3. The van der Waals surface area contributed by atoms with E-state index in [0.29, 0.717) is 16.5 Å². The minimum Gasteiger partial charge on any atom is -0.303 e. The van der Waals surface area contributed by atoms with E-state index in [2.05, 4.69) is 16.3 Å². The molecule has 0 unspecified atom stereocenters. The molecule has 0 aliphatic heterocycles. The Balaban J connectivity index is 2.51. The third-order valence-corrected chi connectivity index (χ3v) is 2.46. The van der Waals surface area contributed by atoms with Gasteiger partial charge in [0.1, 0.15) is 6.07 Å². The summed E-state index contributed by atoms with van der Waals surface area (Å²) in [5, 5.41) is 17.0. The first-order chi connectivity index (χ1) is 7.74. The Morgan fingerprint density at radius 2 is 2.25 bits per heavy atom. The fraction of sp³-hybridized carbons (Fsp3) is 0.182. The van der Waals surface area contributed by atoms with E-state index in [9.17, 15) is 0 Å². The lowest BCUT2D eigenvalue weighted by Crippen LogP contribution is -2.01. The van der Waals surface area contributed by atoms with Crippen molar-refractivity contribution in [1.82, 2.24) is 14.8 Å². The fourth-order valence-electron chi connectivity index (χ4n) is 1.49. The Labute approximate surface area is 98.1 Å². The van der Waals surface area contributed by atoms with Crippen LogP contribution < -0.4 is 0 Å². The van der Waals surface area contributed by atoms with E-state index in [-0.39, 0.29) is 0 Å². The van der Waals surface area contributed by atoms with E-state index in [1.165, 1.54) is 0 Å². The highest BCUT2D eigenvalue weighted by molar-refractivity contribution is 6.29. The third kappa shape index (κ3) is 1.90. The second-order valence-corrected chi connectivity index (χ2v) is 3.66. The van der Waals surface area contributed by atoms with E-state index >= 15 is 0 Å². The summed E-state index contributed by atoms with van der Waals surface area (Å²) in [7, 11) is 0. The van der Waals surface area contributed by atoms with E-state index in [1.807, 2.05) is 17.6 Å². The van der Waals surface area contributed by atoms with Crippen LogP contribution >= 0.6 is 11.6 Å². The molecule has 0 aromatic carbocycles. The van der Waals surface area contributed by atoms with Gasteiger partial charge < -0.3 is 4.57 Å². The topological polar surface area (TPSA) is 54.5 Å². The Hall–Kier alpha value is -1.86. The van der Waals surface area contributed by atoms with Crippen molar-refractivity contribution < 1.29 is 0 Å². The summed E-state index contributed by atoms with van der Waals surface area (Å²) in [5.41, 5.74) is 1.64. The maximum atomic E-state index is 8.84. The van der Waals surface area contributed by atoms with Gasteiger partial charge in [-0.15, -0.1) is 10.2 Å². The summed E-state index contributed by atoms with van der Waals surface area (Å²) >= 11 is 5.67. The Morgan fingerprint density at radius 3 is 2.81 bits per heavy atom. The van der Waals surface area contributed by atoms with Crippen LogP contribution in [0.3, 0.4) is 0 Å². The van der Waals surface area contributed by atoms with Crippen LogP contribution in [-0.2, 0) is 6.42 Å². The van der Waals surface area contributed by atoms with Gasteiger partial charge in [-0.05, 0) is 24.6 Å². The molecule has 5 heteroatoms. The number of hydrogen-bond acceptors (Lipinski definition) is 3. The van der Waals surface area contributed by atoms with Crippen LogP contribution in [0.1, 0.15) is 18.2 Å². The largest absolute Gasteiger partial charge is 0.303 e. The van der Waals surface area contributed by atoms with Crippen molar-refractivity contribution in [1.29, 1.82) is 5.26 Å². The molecule has 0 saturated carbocycles. The average Bonchev–Trinajstić information content (AvgIpc) is 2.73. The first-order valence-corrected chi connectivity index (χ1v) is 5.23. The molecule has 0 aliphatic rings. The van der Waals surface area contributed by atoms with E-state index in [4.69, 9.17) is 16.9 Å². The van der Waals surface area contributed by atoms with Crippen LogP contribution in [-0.4, -0.2) is 14.8 Å². The van der Waals surface area contributed by atoms with Gasteiger partial charge in [0.2, 0.25) is 0 Å². The molecule has 0 atom stereocenters. The summed E-state index contributed by atoms with van der Waals surface area (Å²) in [4.78, 5) is 0. The zero-order chi connectivity index (χ0) is 11.5. The summed E-state index contributed by atoms with van der Waals surface area (Å²) in [6.45, 7) is 2.02. The molecular weight excluding hydrogens is 224 g/mol. The maximum absolute atomic E-state index is 8.84. The number of halogens is 1. The van der Waals surface area contributed by atoms with E-state index in [0.717, 1.165) is 12.1 Å². The van der Waals surface area contributed by atoms with Crippen LogP contribution in [0, 0.1) is 11.3 Å². The van der Waals surface area contributed by atoms with Crippen molar-refractivity contribution in [3.05, 3.63) is 40.8 Å². The number of rotatable bonds is 2. The SMILES string of the molecule is CCc1cc(C#N)cn1-c1ccc(Cl)nn1. The van der Waals surface area contributed by atoms with Gasteiger partial charge in [0.25, 0.3) is 0 Å². The molecule has 0 saturated heterocycles. The molecule has 2 rings (SSSR count). The molecular formula is C11H9ClN4. The van der Waals surface area contributed by atoms with Crippen molar-refractivity contribution in [3.8, 4) is 11.9 Å². The molecule has 2 aromatic rings. The van der Waals surface area contributed by atoms with Gasteiger partial charge in [0.05, 0.1) is 5.56 Å². The van der Waals surface area contributed by atoms with Crippen molar-refractivity contribution in [2.24, 2.45) is 0 Å². The summed E-state index contributed by atoms with van der Waals surface area (Å²) in [6, 6.07) is 7.40. The molecule has 2 aromatic heterocycles. The van der Waals surface area contributed by atoms with Crippen LogP contribution in [0.4, 0.5) is 0 Å². The van der Waals surface area contributed by atoms with Crippen LogP contribution in [0.15, 0.2) is 24.4 Å². The molecule has 16 heavy (non-hydrogen) atoms. The van der Waals surface area contributed by atoms with Crippen molar-refractivity contribution in [2.75, 3.05) is 0 Å². The monoisotopic (exact) mass is 232 g/mol. The van der Waals surface area contributed by atoms with Gasteiger partial charge in [0, 0.05) is 11.9 Å². The first-order valence-electron chi connectivity index (χ1n) is 4.85. The predicted octanol–water partition coefficient (Wildman–Crippen LogP) is 2.35. The van der Waals surface area contributed by atoms with Gasteiger partial charge in [-0.2, -0.15) is 5.26 Å². The number of hydrogen-bond donors (Lipinski definition) is 0. The second-order valence-electron chi connectivity index (χ2n) is 3.27. The molecule has 0 bridgehead atoms. The zero-order valence-corrected chi connectivity index (χ0v) is 9.44. The van der Waals surface area contributed by atoms with Gasteiger partial charge >= 0.3 is 0 Å². The number of aryl methyl sites for hydroxylation is 1. The quantitative estimate of drug-likeness (QED) is 0.799. The van der Waals surface area contributed by atoms with Crippen molar-refractivity contribution in [3.63, 3.8) is 0 Å². The van der Waals surface area contributed by atoms with Gasteiger partial charge in [-0.25, -0.2) is 0 Å². The number of aromatic nitrogens is 3. The van der Waals surface area contributed by atoms with Crippen molar-refractivity contribution in [2.45, 2.75) is 13.3 Å². The molecule has 0 N–H and O–H groups in total. The van der Waals surface area contributed by atoms with E-state index in [1.54, 1.807) is 18.3 Å². The highest BCUT2D eigenvalue weighted by atomic mass is 35.5. The summed E-state index contributed by atoms with van der Waals surface area (Å²) < 4.78 is 1.85. The molecule has 0 spiro atoms.